The predicted octanol–water partition coefficient (Wildman–Crippen LogP) is 2.06. The van der Waals surface area contributed by atoms with E-state index in [0.717, 1.165) is 49.1 Å². The maximum Gasteiger partial charge on any atom is 0.237 e. The van der Waals surface area contributed by atoms with Crippen LogP contribution >= 0.6 is 0 Å². The third-order valence-corrected chi connectivity index (χ3v) is 4.78. The van der Waals surface area contributed by atoms with Crippen LogP contribution in [-0.2, 0) is 9.53 Å². The van der Waals surface area contributed by atoms with Crippen LogP contribution in [0.4, 0.5) is 11.5 Å². The number of likely N-dealkylation sites (N-methyl/N-ethyl adjacent to an activating group) is 1. The fourth-order valence-electron chi connectivity index (χ4n) is 3.28. The summed E-state index contributed by atoms with van der Waals surface area (Å²) in [6, 6.07) is 11.6. The summed E-state index contributed by atoms with van der Waals surface area (Å²) in [4.78, 5) is 21.3. The number of morpholine rings is 1. The zero-order chi connectivity index (χ0) is 17.2. The summed E-state index contributed by atoms with van der Waals surface area (Å²) >= 11 is 0. The van der Waals surface area contributed by atoms with Crippen LogP contribution in [-0.4, -0.2) is 50.8 Å². The van der Waals surface area contributed by atoms with Crippen molar-refractivity contribution in [3.05, 3.63) is 48.2 Å². The van der Waals surface area contributed by atoms with E-state index in [2.05, 4.69) is 9.88 Å². The van der Waals surface area contributed by atoms with Gasteiger partial charge in [0.1, 0.15) is 24.1 Å². The van der Waals surface area contributed by atoms with Crippen LogP contribution in [0, 0.1) is 0 Å². The van der Waals surface area contributed by atoms with Crippen LogP contribution in [0.5, 0.6) is 5.75 Å². The van der Waals surface area contributed by atoms with Gasteiger partial charge in [0.05, 0.1) is 25.1 Å². The molecule has 0 bridgehead atoms. The number of benzene rings is 1. The van der Waals surface area contributed by atoms with Gasteiger partial charge in [0.15, 0.2) is 0 Å². The van der Waals surface area contributed by atoms with E-state index in [1.54, 1.807) is 18.1 Å². The van der Waals surface area contributed by atoms with E-state index in [1.165, 1.54) is 0 Å². The van der Waals surface area contributed by atoms with Gasteiger partial charge in [-0.05, 0) is 18.2 Å². The number of fused-ring (bicyclic) bond motifs is 1. The minimum atomic E-state index is -0.264. The number of ether oxygens (including phenoxy) is 2. The molecule has 25 heavy (non-hydrogen) atoms. The number of nitrogens with zero attached hydrogens (tertiary/aromatic N) is 3. The molecule has 130 valence electrons. The van der Waals surface area contributed by atoms with Crippen molar-refractivity contribution in [2.24, 2.45) is 0 Å². The quantitative estimate of drug-likeness (QED) is 0.857. The molecule has 1 fully saturated rings. The number of carbonyl (C=O) groups is 1. The van der Waals surface area contributed by atoms with E-state index >= 15 is 0 Å². The second-order valence-electron chi connectivity index (χ2n) is 6.27. The summed E-state index contributed by atoms with van der Waals surface area (Å²) in [6.07, 6.45) is 1.75. The average Bonchev–Trinajstić information content (AvgIpc) is 3.12. The number of hydrogen-bond donors (Lipinski definition) is 0. The molecule has 0 spiro atoms. The molecule has 1 amide bonds. The molecule has 0 aliphatic carbocycles. The van der Waals surface area contributed by atoms with Crippen molar-refractivity contribution in [2.45, 2.75) is 5.92 Å². The Morgan fingerprint density at radius 3 is 2.76 bits per heavy atom. The van der Waals surface area contributed by atoms with Crippen LogP contribution in [0.3, 0.4) is 0 Å². The van der Waals surface area contributed by atoms with Crippen LogP contribution in [0.25, 0.3) is 0 Å². The van der Waals surface area contributed by atoms with Crippen molar-refractivity contribution in [1.29, 1.82) is 0 Å². The lowest BCUT2D eigenvalue weighted by Crippen LogP contribution is -2.37. The highest BCUT2D eigenvalue weighted by atomic mass is 16.5. The molecule has 1 aromatic carbocycles. The first-order valence-corrected chi connectivity index (χ1v) is 8.52. The van der Waals surface area contributed by atoms with E-state index < -0.39 is 0 Å². The molecule has 3 heterocycles. The molecular weight excluding hydrogens is 318 g/mol. The number of anilines is 2. The maximum absolute atomic E-state index is 12.9. The fraction of sp³-hybridized carbons (Fsp3) is 0.368. The minimum absolute atomic E-state index is 0.0193. The molecule has 1 aromatic heterocycles. The molecule has 0 N–H and O–H groups in total. The van der Waals surface area contributed by atoms with E-state index in [4.69, 9.17) is 9.47 Å². The van der Waals surface area contributed by atoms with E-state index in [1.807, 2.05) is 36.4 Å². The van der Waals surface area contributed by atoms with Crippen molar-refractivity contribution in [3.8, 4) is 5.75 Å². The van der Waals surface area contributed by atoms with E-state index in [9.17, 15) is 4.79 Å². The number of aromatic nitrogens is 1. The third kappa shape index (κ3) is 3.05. The highest BCUT2D eigenvalue weighted by Crippen LogP contribution is 2.35. The third-order valence-electron chi connectivity index (χ3n) is 4.78. The molecule has 0 radical (unpaired) electrons. The number of amides is 1. The monoisotopic (exact) mass is 339 g/mol. The van der Waals surface area contributed by atoms with Crippen LogP contribution in [0.2, 0.25) is 0 Å². The Morgan fingerprint density at radius 2 is 2.00 bits per heavy atom. The van der Waals surface area contributed by atoms with E-state index in [0.29, 0.717) is 6.61 Å². The summed E-state index contributed by atoms with van der Waals surface area (Å²) in [5.74, 6) is 1.48. The Hall–Kier alpha value is -2.60. The highest BCUT2D eigenvalue weighted by molar-refractivity contribution is 5.98. The Kier molecular flexibility index (Phi) is 4.28. The number of carbonyl (C=O) groups excluding carboxylic acids is 1. The summed E-state index contributed by atoms with van der Waals surface area (Å²) in [5.41, 5.74) is 1.74. The summed E-state index contributed by atoms with van der Waals surface area (Å²) in [5, 5.41) is 0. The van der Waals surface area contributed by atoms with Crippen molar-refractivity contribution in [2.75, 3.05) is 49.8 Å². The highest BCUT2D eigenvalue weighted by Gasteiger charge is 2.32. The molecule has 6 heteroatoms. The van der Waals surface area contributed by atoms with Crippen LogP contribution in [0.15, 0.2) is 42.6 Å². The molecule has 2 aliphatic heterocycles. The zero-order valence-electron chi connectivity index (χ0n) is 14.2. The topological polar surface area (TPSA) is 54.9 Å². The molecule has 2 aromatic rings. The van der Waals surface area contributed by atoms with Gasteiger partial charge in [-0.25, -0.2) is 4.98 Å². The lowest BCUT2D eigenvalue weighted by atomic mass is 10.00. The number of pyridine rings is 1. The smallest absolute Gasteiger partial charge is 0.237 e. The maximum atomic E-state index is 12.9. The Bertz CT molecular complexity index is 757. The lowest BCUT2D eigenvalue weighted by Gasteiger charge is -2.28. The van der Waals surface area contributed by atoms with Crippen molar-refractivity contribution >= 4 is 17.4 Å². The minimum Gasteiger partial charge on any atom is -0.492 e. The van der Waals surface area contributed by atoms with Crippen molar-refractivity contribution in [3.63, 3.8) is 0 Å². The zero-order valence-corrected chi connectivity index (χ0v) is 14.2. The summed E-state index contributed by atoms with van der Waals surface area (Å²) < 4.78 is 11.0. The van der Waals surface area contributed by atoms with Gasteiger partial charge in [-0.2, -0.15) is 0 Å². The standard InChI is InChI=1S/C19H21N3O3/c1-21(19(23)16-13-25-17-5-3-2-4-15(16)17)14-6-7-18(20-12-14)22-8-10-24-11-9-22/h2-7,12,16H,8-11,13H2,1H3/t16-/m1/s1. The van der Waals surface area contributed by atoms with Gasteiger partial charge in [0.25, 0.3) is 0 Å². The summed E-state index contributed by atoms with van der Waals surface area (Å²) in [6.45, 7) is 3.53. The van der Waals surface area contributed by atoms with Gasteiger partial charge < -0.3 is 19.3 Å². The molecule has 2 aliphatic rings. The lowest BCUT2D eigenvalue weighted by molar-refractivity contribution is -0.119. The Balaban J connectivity index is 1.49. The molecule has 6 nitrogen and oxygen atoms in total. The molecule has 0 unspecified atom stereocenters. The van der Waals surface area contributed by atoms with Crippen molar-refractivity contribution < 1.29 is 14.3 Å². The van der Waals surface area contributed by atoms with Gasteiger partial charge in [-0.3, -0.25) is 4.79 Å². The van der Waals surface area contributed by atoms with Crippen molar-refractivity contribution in [1.82, 2.24) is 4.98 Å². The second kappa shape index (κ2) is 6.72. The second-order valence-corrected chi connectivity index (χ2v) is 6.27. The van der Waals surface area contributed by atoms with Crippen LogP contribution < -0.4 is 14.5 Å². The fourth-order valence-corrected chi connectivity index (χ4v) is 3.28. The normalized spacial score (nSPS) is 19.2. The molecule has 0 saturated carbocycles. The SMILES string of the molecule is CN(C(=O)[C@@H]1COc2ccccc21)c1ccc(N2CCOCC2)nc1. The van der Waals surface area contributed by atoms with Crippen LogP contribution in [0.1, 0.15) is 11.5 Å². The molecule has 1 saturated heterocycles. The average molecular weight is 339 g/mol. The largest absolute Gasteiger partial charge is 0.492 e. The molecule has 1 atom stereocenters. The molecule has 4 rings (SSSR count). The first-order chi connectivity index (χ1) is 12.2. The number of hydrogen-bond acceptors (Lipinski definition) is 5. The van der Waals surface area contributed by atoms with Gasteiger partial charge in [-0.1, -0.05) is 18.2 Å². The Labute approximate surface area is 147 Å². The van der Waals surface area contributed by atoms with Gasteiger partial charge in [0, 0.05) is 25.7 Å². The van der Waals surface area contributed by atoms with Gasteiger partial charge in [0.2, 0.25) is 5.91 Å². The Morgan fingerprint density at radius 1 is 1.20 bits per heavy atom. The number of para-hydroxylation sites is 1. The van der Waals surface area contributed by atoms with Gasteiger partial charge in [-0.15, -0.1) is 0 Å². The first-order valence-electron chi connectivity index (χ1n) is 8.52. The first kappa shape index (κ1) is 15.9. The van der Waals surface area contributed by atoms with E-state index in [-0.39, 0.29) is 11.8 Å². The van der Waals surface area contributed by atoms with Gasteiger partial charge >= 0.3 is 0 Å². The molecular formula is C19H21N3O3. The summed E-state index contributed by atoms with van der Waals surface area (Å²) in [7, 11) is 1.79. The number of rotatable bonds is 3. The predicted molar refractivity (Wildman–Crippen MR) is 95.4 cm³/mol.